The van der Waals surface area contributed by atoms with Crippen LogP contribution >= 0.6 is 0 Å². The fraction of sp³-hybridized carbons (Fsp3) is 1.00. The molecular weight excluding hydrogens is 360 g/mol. The zero-order valence-electron chi connectivity index (χ0n) is 22.2. The van der Waals surface area contributed by atoms with E-state index < -0.39 is 0 Å². The van der Waals surface area contributed by atoms with Crippen molar-refractivity contribution in [2.45, 2.75) is 157 Å². The molecule has 0 spiro atoms. The van der Waals surface area contributed by atoms with Crippen molar-refractivity contribution in [3.63, 3.8) is 0 Å². The third-order valence-electron chi connectivity index (χ3n) is 8.36. The first-order chi connectivity index (χ1) is 14.4. The summed E-state index contributed by atoms with van der Waals surface area (Å²) >= 11 is 0. The number of hydrogen-bond donors (Lipinski definition) is 0. The van der Waals surface area contributed by atoms with Gasteiger partial charge in [-0.25, -0.2) is 0 Å². The van der Waals surface area contributed by atoms with E-state index in [1.165, 1.54) is 116 Å². The van der Waals surface area contributed by atoms with Crippen molar-refractivity contribution in [2.24, 2.45) is 35.5 Å². The molecule has 30 heavy (non-hydrogen) atoms. The van der Waals surface area contributed by atoms with Crippen LogP contribution in [0.15, 0.2) is 0 Å². The Hall–Kier alpha value is 0. The quantitative estimate of drug-likeness (QED) is 0.365. The summed E-state index contributed by atoms with van der Waals surface area (Å²) in [5.74, 6) is 5.65. The molecule has 0 heteroatoms. The van der Waals surface area contributed by atoms with Gasteiger partial charge in [0.1, 0.15) is 0 Å². The van der Waals surface area contributed by atoms with E-state index in [-0.39, 0.29) is 0 Å². The Morgan fingerprint density at radius 3 is 0.433 bits per heavy atom. The molecule has 0 bridgehead atoms. The summed E-state index contributed by atoms with van der Waals surface area (Å²) in [6.45, 7) is 15.0. The molecule has 0 heterocycles. The van der Waals surface area contributed by atoms with E-state index in [1.54, 1.807) is 0 Å². The summed E-state index contributed by atoms with van der Waals surface area (Å²) in [4.78, 5) is 0. The van der Waals surface area contributed by atoms with Crippen LogP contribution in [-0.2, 0) is 0 Å². The zero-order valence-corrected chi connectivity index (χ0v) is 22.2. The number of hydrogen-bond acceptors (Lipinski definition) is 0. The lowest BCUT2D eigenvalue weighted by Gasteiger charge is -2.18. The molecule has 0 N–H and O–H groups in total. The normalized spacial score (nSPS) is 36.6. The first kappa shape index (κ1) is 28.0. The van der Waals surface area contributed by atoms with E-state index in [2.05, 4.69) is 41.5 Å². The van der Waals surface area contributed by atoms with Crippen molar-refractivity contribution in [2.75, 3.05) is 0 Å². The Balaban J connectivity index is 2.39. The fourth-order valence-electron chi connectivity index (χ4n) is 5.75. The summed E-state index contributed by atoms with van der Waals surface area (Å²) in [7, 11) is 0. The van der Waals surface area contributed by atoms with Gasteiger partial charge in [-0.15, -0.1) is 0 Å². The second-order valence-corrected chi connectivity index (χ2v) is 12.2. The van der Waals surface area contributed by atoms with Gasteiger partial charge in [0.05, 0.1) is 0 Å². The van der Waals surface area contributed by atoms with E-state index >= 15 is 0 Å². The molecule has 180 valence electrons. The van der Waals surface area contributed by atoms with Gasteiger partial charge in [0.15, 0.2) is 0 Å². The van der Waals surface area contributed by atoms with Crippen LogP contribution in [0.4, 0.5) is 0 Å². The monoisotopic (exact) mass is 420 g/mol. The summed E-state index contributed by atoms with van der Waals surface area (Å²) in [5, 5.41) is 0. The van der Waals surface area contributed by atoms with Gasteiger partial charge in [0.25, 0.3) is 0 Å². The second-order valence-electron chi connectivity index (χ2n) is 12.2. The molecule has 1 rings (SSSR count). The van der Waals surface area contributed by atoms with Crippen LogP contribution in [0.3, 0.4) is 0 Å². The Morgan fingerprint density at radius 1 is 0.233 bits per heavy atom. The number of rotatable bonds is 0. The molecule has 0 aromatic carbocycles. The van der Waals surface area contributed by atoms with Gasteiger partial charge in [-0.1, -0.05) is 157 Å². The summed E-state index contributed by atoms with van der Waals surface area (Å²) in [6.07, 6.45) is 26.3. The molecule has 1 aliphatic rings. The predicted octanol–water partition coefficient (Wildman–Crippen LogP) is 10.8. The average Bonchev–Trinajstić information content (AvgIpc) is 2.67. The van der Waals surface area contributed by atoms with Crippen molar-refractivity contribution in [1.82, 2.24) is 0 Å². The summed E-state index contributed by atoms with van der Waals surface area (Å²) in [6, 6.07) is 0. The Morgan fingerprint density at radius 2 is 0.333 bits per heavy atom. The molecule has 0 saturated heterocycles. The second kappa shape index (κ2) is 17.5. The van der Waals surface area contributed by atoms with E-state index in [0.29, 0.717) is 0 Å². The maximum Gasteiger partial charge on any atom is -0.0443 e. The lowest BCUT2D eigenvalue weighted by molar-refractivity contribution is 0.346. The van der Waals surface area contributed by atoms with Gasteiger partial charge in [-0.2, -0.15) is 0 Å². The van der Waals surface area contributed by atoms with Gasteiger partial charge in [0.2, 0.25) is 0 Å². The standard InChI is InChI=1S/C30H60/c1-25-13-7-15-26(2)17-9-19-28(4)21-11-23-30(6)24-12-22-29(5)20-10-18-27(3)16-8-14-25/h25-30H,7-24H2,1-6H3. The van der Waals surface area contributed by atoms with Crippen LogP contribution in [0.2, 0.25) is 0 Å². The van der Waals surface area contributed by atoms with Crippen molar-refractivity contribution < 1.29 is 0 Å². The largest absolute Gasteiger partial charge is 0.0625 e. The first-order valence-electron chi connectivity index (χ1n) is 14.4. The molecule has 1 saturated carbocycles. The minimum absolute atomic E-state index is 0.942. The van der Waals surface area contributed by atoms with Crippen molar-refractivity contribution in [1.29, 1.82) is 0 Å². The molecule has 0 amide bonds. The Bertz CT molecular complexity index is 255. The maximum atomic E-state index is 2.50. The molecule has 0 aromatic rings. The Labute approximate surface area is 192 Å². The summed E-state index contributed by atoms with van der Waals surface area (Å²) < 4.78 is 0. The van der Waals surface area contributed by atoms with Crippen LogP contribution in [0.5, 0.6) is 0 Å². The average molecular weight is 421 g/mol. The van der Waals surface area contributed by atoms with Gasteiger partial charge in [-0.05, 0) is 35.5 Å². The van der Waals surface area contributed by atoms with E-state index in [0.717, 1.165) is 35.5 Å². The predicted molar refractivity (Wildman–Crippen MR) is 138 cm³/mol. The van der Waals surface area contributed by atoms with Crippen molar-refractivity contribution >= 4 is 0 Å². The summed E-state index contributed by atoms with van der Waals surface area (Å²) in [5.41, 5.74) is 0. The molecule has 0 radical (unpaired) electrons. The minimum Gasteiger partial charge on any atom is -0.0625 e. The maximum absolute atomic E-state index is 2.50. The molecule has 0 aromatic heterocycles. The molecule has 0 unspecified atom stereocenters. The highest BCUT2D eigenvalue weighted by Gasteiger charge is 2.11. The molecule has 0 atom stereocenters. The van der Waals surface area contributed by atoms with Gasteiger partial charge in [-0.3, -0.25) is 0 Å². The van der Waals surface area contributed by atoms with Crippen LogP contribution in [-0.4, -0.2) is 0 Å². The lowest BCUT2D eigenvalue weighted by atomic mass is 9.88. The van der Waals surface area contributed by atoms with Crippen LogP contribution < -0.4 is 0 Å². The third kappa shape index (κ3) is 15.8. The molecule has 0 nitrogen and oxygen atoms in total. The van der Waals surface area contributed by atoms with E-state index in [4.69, 9.17) is 0 Å². The van der Waals surface area contributed by atoms with Crippen molar-refractivity contribution in [3.05, 3.63) is 0 Å². The highest BCUT2D eigenvalue weighted by atomic mass is 14.2. The minimum atomic E-state index is 0.942. The van der Waals surface area contributed by atoms with Gasteiger partial charge in [0, 0.05) is 0 Å². The molecule has 0 aliphatic heterocycles. The third-order valence-corrected chi connectivity index (χ3v) is 8.36. The van der Waals surface area contributed by atoms with Crippen molar-refractivity contribution in [3.8, 4) is 0 Å². The first-order valence-corrected chi connectivity index (χ1v) is 14.4. The highest BCUT2D eigenvalue weighted by Crippen LogP contribution is 2.26. The lowest BCUT2D eigenvalue weighted by Crippen LogP contribution is -2.04. The SMILES string of the molecule is CC1CCCC(C)CCCC(C)CCCC(C)CCCC(C)CCCC(C)CCC1. The smallest absolute Gasteiger partial charge is 0.0443 e. The van der Waals surface area contributed by atoms with E-state index in [1.807, 2.05) is 0 Å². The molecule has 1 fully saturated rings. The topological polar surface area (TPSA) is 0 Å². The Kier molecular flexibility index (Phi) is 16.4. The highest BCUT2D eigenvalue weighted by molar-refractivity contribution is 4.64. The van der Waals surface area contributed by atoms with Gasteiger partial charge >= 0.3 is 0 Å². The molecule has 1 aliphatic carbocycles. The van der Waals surface area contributed by atoms with E-state index in [9.17, 15) is 0 Å². The van der Waals surface area contributed by atoms with Crippen LogP contribution in [0, 0.1) is 35.5 Å². The molecular formula is C30H60. The van der Waals surface area contributed by atoms with Gasteiger partial charge < -0.3 is 0 Å². The van der Waals surface area contributed by atoms with Crippen LogP contribution in [0.1, 0.15) is 157 Å². The van der Waals surface area contributed by atoms with Crippen LogP contribution in [0.25, 0.3) is 0 Å². The fourth-order valence-corrected chi connectivity index (χ4v) is 5.75. The zero-order chi connectivity index (χ0) is 22.2.